The average molecular weight is 413 g/mol. The third kappa shape index (κ3) is 4.20. The number of amides is 2. The molecule has 0 saturated carbocycles. The number of carbonyl (C=O) groups excluding carboxylic acids is 2. The van der Waals surface area contributed by atoms with E-state index in [2.05, 4.69) is 5.32 Å². The predicted molar refractivity (Wildman–Crippen MR) is 105 cm³/mol. The van der Waals surface area contributed by atoms with E-state index < -0.39 is 5.91 Å². The highest BCUT2D eigenvalue weighted by Gasteiger charge is 2.26. The number of carbonyl (C=O) groups is 2. The molecule has 138 valence electrons. The standard InChI is InChI=1S/C18H19Cl2N3O2S/c1-23(8-10-5-6-11(19)7-13(10)20)9-15(24)22-18-16(17(21)25)12-3-2-4-14(12)26-18/h5-7H,2-4,8-9H2,1H3,(H2,21,25)(H,22,24)/p+1. The molecule has 0 bridgehead atoms. The summed E-state index contributed by atoms with van der Waals surface area (Å²) in [6.45, 7) is 0.840. The fraction of sp³-hybridized carbons (Fsp3) is 0.333. The number of aryl methyl sites for hydroxylation is 1. The molecule has 5 nitrogen and oxygen atoms in total. The molecule has 0 saturated heterocycles. The van der Waals surface area contributed by atoms with Gasteiger partial charge in [0.15, 0.2) is 6.54 Å². The zero-order valence-corrected chi connectivity index (χ0v) is 16.7. The van der Waals surface area contributed by atoms with Crippen molar-refractivity contribution in [2.45, 2.75) is 25.8 Å². The van der Waals surface area contributed by atoms with E-state index in [4.69, 9.17) is 28.9 Å². The van der Waals surface area contributed by atoms with Gasteiger partial charge in [0, 0.05) is 15.5 Å². The van der Waals surface area contributed by atoms with Crippen LogP contribution in [0.15, 0.2) is 18.2 Å². The van der Waals surface area contributed by atoms with Crippen molar-refractivity contribution in [3.05, 3.63) is 49.8 Å². The maximum absolute atomic E-state index is 12.4. The lowest BCUT2D eigenvalue weighted by Gasteiger charge is -2.15. The maximum atomic E-state index is 12.4. The minimum Gasteiger partial charge on any atom is -0.365 e. The lowest BCUT2D eigenvalue weighted by Crippen LogP contribution is -3.08. The number of likely N-dealkylation sites (N-methyl/N-ethyl adjacent to an activating group) is 1. The number of fused-ring (bicyclic) bond motifs is 1. The Hall–Kier alpha value is -1.60. The van der Waals surface area contributed by atoms with Crippen LogP contribution in [0, 0.1) is 0 Å². The Morgan fingerprint density at radius 3 is 2.77 bits per heavy atom. The molecule has 0 aliphatic heterocycles. The normalized spacial score (nSPS) is 14.1. The number of hydrogen-bond donors (Lipinski definition) is 3. The summed E-state index contributed by atoms with van der Waals surface area (Å²) in [6.07, 6.45) is 2.82. The van der Waals surface area contributed by atoms with Gasteiger partial charge in [-0.1, -0.05) is 29.3 Å². The largest absolute Gasteiger partial charge is 0.365 e. The van der Waals surface area contributed by atoms with Gasteiger partial charge in [0.2, 0.25) is 0 Å². The average Bonchev–Trinajstić information content (AvgIpc) is 3.09. The first-order chi connectivity index (χ1) is 12.3. The second kappa shape index (κ2) is 7.96. The Morgan fingerprint density at radius 1 is 1.31 bits per heavy atom. The van der Waals surface area contributed by atoms with Gasteiger partial charge in [-0.15, -0.1) is 11.3 Å². The highest BCUT2D eigenvalue weighted by molar-refractivity contribution is 7.17. The quantitative estimate of drug-likeness (QED) is 0.680. The SMILES string of the molecule is C[NH+](CC(=O)Nc1sc2c(c1C(N)=O)CCC2)Cc1ccc(Cl)cc1Cl. The van der Waals surface area contributed by atoms with Gasteiger partial charge < -0.3 is 16.0 Å². The first-order valence-electron chi connectivity index (χ1n) is 8.34. The number of halogens is 2. The summed E-state index contributed by atoms with van der Waals surface area (Å²) in [6, 6.07) is 5.33. The van der Waals surface area contributed by atoms with Crippen molar-refractivity contribution in [1.82, 2.24) is 0 Å². The van der Waals surface area contributed by atoms with E-state index in [1.54, 1.807) is 12.1 Å². The fourth-order valence-electron chi connectivity index (χ4n) is 3.25. The number of rotatable bonds is 6. The van der Waals surface area contributed by atoms with E-state index >= 15 is 0 Å². The van der Waals surface area contributed by atoms with Crippen LogP contribution in [0.2, 0.25) is 10.0 Å². The van der Waals surface area contributed by atoms with Gasteiger partial charge in [0.05, 0.1) is 17.6 Å². The third-order valence-corrected chi connectivity index (χ3v) is 6.18. The Kier molecular flexibility index (Phi) is 5.87. The molecule has 4 N–H and O–H groups in total. The number of nitrogens with two attached hydrogens (primary N) is 1. The molecule has 2 aromatic rings. The monoisotopic (exact) mass is 412 g/mol. The Morgan fingerprint density at radius 2 is 2.08 bits per heavy atom. The molecular formula is C18H20Cl2N3O2S+. The molecule has 3 rings (SSSR count). The molecule has 1 aromatic carbocycles. The molecule has 0 radical (unpaired) electrons. The van der Waals surface area contributed by atoms with Gasteiger partial charge in [0.1, 0.15) is 11.5 Å². The van der Waals surface area contributed by atoms with Crippen LogP contribution < -0.4 is 16.0 Å². The van der Waals surface area contributed by atoms with Crippen LogP contribution >= 0.6 is 34.5 Å². The summed E-state index contributed by atoms with van der Waals surface area (Å²) in [5, 5.41) is 4.61. The molecule has 8 heteroatoms. The molecule has 1 atom stereocenters. The molecule has 0 spiro atoms. The van der Waals surface area contributed by atoms with Crippen molar-refractivity contribution >= 4 is 51.4 Å². The van der Waals surface area contributed by atoms with Gasteiger partial charge in [-0.2, -0.15) is 0 Å². The Bertz CT molecular complexity index is 866. The molecular weight excluding hydrogens is 393 g/mol. The molecule has 0 fully saturated rings. The smallest absolute Gasteiger partial charge is 0.280 e. The lowest BCUT2D eigenvalue weighted by molar-refractivity contribution is -0.885. The van der Waals surface area contributed by atoms with Crippen LogP contribution in [0.5, 0.6) is 0 Å². The van der Waals surface area contributed by atoms with Crippen LogP contribution in [0.1, 0.15) is 32.8 Å². The molecule has 1 aliphatic carbocycles. The molecule has 26 heavy (non-hydrogen) atoms. The predicted octanol–water partition coefficient (Wildman–Crippen LogP) is 2.30. The van der Waals surface area contributed by atoms with Gasteiger partial charge in [-0.3, -0.25) is 9.59 Å². The fourth-order valence-corrected chi connectivity index (χ4v) is 5.04. The summed E-state index contributed by atoms with van der Waals surface area (Å²) < 4.78 is 0. The third-order valence-electron chi connectivity index (χ3n) is 4.39. The second-order valence-corrected chi connectivity index (χ2v) is 8.47. The summed E-state index contributed by atoms with van der Waals surface area (Å²) in [7, 11) is 1.91. The Balaban J connectivity index is 1.65. The first kappa shape index (κ1) is 19.2. The molecule has 2 amide bonds. The van der Waals surface area contributed by atoms with Crippen LogP contribution in [0.25, 0.3) is 0 Å². The van der Waals surface area contributed by atoms with Gasteiger partial charge in [0.25, 0.3) is 11.8 Å². The van der Waals surface area contributed by atoms with Crippen LogP contribution in [0.4, 0.5) is 5.00 Å². The van der Waals surface area contributed by atoms with Crippen molar-refractivity contribution in [2.75, 3.05) is 18.9 Å². The van der Waals surface area contributed by atoms with Crippen LogP contribution in [-0.4, -0.2) is 25.4 Å². The van der Waals surface area contributed by atoms with Crippen molar-refractivity contribution in [3.8, 4) is 0 Å². The Labute approximate surface area is 166 Å². The number of quaternary nitrogens is 1. The topological polar surface area (TPSA) is 76.6 Å². The van der Waals surface area contributed by atoms with Gasteiger partial charge in [-0.25, -0.2) is 0 Å². The number of anilines is 1. The number of hydrogen-bond acceptors (Lipinski definition) is 3. The molecule has 1 aliphatic rings. The van der Waals surface area contributed by atoms with Gasteiger partial charge in [-0.05, 0) is 37.0 Å². The number of thiophene rings is 1. The van der Waals surface area contributed by atoms with E-state index in [0.29, 0.717) is 27.2 Å². The maximum Gasteiger partial charge on any atom is 0.280 e. The summed E-state index contributed by atoms with van der Waals surface area (Å²) >= 11 is 13.6. The van der Waals surface area contributed by atoms with Crippen molar-refractivity contribution in [2.24, 2.45) is 5.73 Å². The summed E-state index contributed by atoms with van der Waals surface area (Å²) in [5.74, 6) is -0.636. The summed E-state index contributed by atoms with van der Waals surface area (Å²) in [5.41, 5.74) is 7.94. The van der Waals surface area contributed by atoms with E-state index in [9.17, 15) is 9.59 Å². The number of benzene rings is 1. The highest BCUT2D eigenvalue weighted by Crippen LogP contribution is 2.38. The van der Waals surface area contributed by atoms with Crippen molar-refractivity contribution < 1.29 is 14.5 Å². The number of nitrogens with one attached hydrogen (secondary N) is 2. The van der Waals surface area contributed by atoms with E-state index in [1.165, 1.54) is 11.3 Å². The highest BCUT2D eigenvalue weighted by atomic mass is 35.5. The second-order valence-electron chi connectivity index (χ2n) is 6.52. The first-order valence-corrected chi connectivity index (χ1v) is 9.91. The zero-order chi connectivity index (χ0) is 18.8. The molecule has 1 unspecified atom stereocenters. The minimum absolute atomic E-state index is 0.157. The zero-order valence-electron chi connectivity index (χ0n) is 14.3. The molecule has 1 heterocycles. The van der Waals surface area contributed by atoms with Crippen LogP contribution in [-0.2, 0) is 24.2 Å². The van der Waals surface area contributed by atoms with Gasteiger partial charge >= 0.3 is 0 Å². The number of primary amides is 1. The van der Waals surface area contributed by atoms with Crippen LogP contribution in [0.3, 0.4) is 0 Å². The molecule has 1 aromatic heterocycles. The van der Waals surface area contributed by atoms with Crippen molar-refractivity contribution in [1.29, 1.82) is 0 Å². The summed E-state index contributed by atoms with van der Waals surface area (Å²) in [4.78, 5) is 26.3. The van der Waals surface area contributed by atoms with E-state index in [-0.39, 0.29) is 12.5 Å². The minimum atomic E-state index is -0.478. The van der Waals surface area contributed by atoms with E-state index in [0.717, 1.165) is 40.2 Å². The lowest BCUT2D eigenvalue weighted by atomic mass is 10.1. The van der Waals surface area contributed by atoms with Crippen molar-refractivity contribution in [3.63, 3.8) is 0 Å². The van der Waals surface area contributed by atoms with E-state index in [1.807, 2.05) is 13.1 Å².